The van der Waals surface area contributed by atoms with Gasteiger partial charge >= 0.3 is 0 Å². The quantitative estimate of drug-likeness (QED) is 0.707. The zero-order valence-electron chi connectivity index (χ0n) is 13.3. The minimum atomic E-state index is -0.137. The maximum absolute atomic E-state index is 12.4. The number of rotatable bonds is 5. The molecule has 0 aliphatic carbocycles. The maximum Gasteiger partial charge on any atom is 0.193 e. The van der Waals surface area contributed by atoms with Gasteiger partial charge < -0.3 is 14.9 Å². The van der Waals surface area contributed by atoms with Crippen LogP contribution in [0.1, 0.15) is 12.0 Å². The van der Waals surface area contributed by atoms with Crippen LogP contribution in [0.25, 0.3) is 22.3 Å². The molecule has 4 nitrogen and oxygen atoms in total. The Morgan fingerprint density at radius 2 is 2.04 bits per heavy atom. The van der Waals surface area contributed by atoms with E-state index in [1.165, 1.54) is 6.07 Å². The molecular formula is C19H18ClNO3. The van der Waals surface area contributed by atoms with Gasteiger partial charge in [0.15, 0.2) is 11.0 Å². The van der Waals surface area contributed by atoms with Gasteiger partial charge in [0.2, 0.25) is 0 Å². The molecule has 0 aliphatic rings. The molecule has 0 atom stereocenters. The molecule has 0 saturated carbocycles. The normalized spacial score (nSPS) is 11.0. The third-order valence-corrected chi connectivity index (χ3v) is 4.01. The van der Waals surface area contributed by atoms with Gasteiger partial charge in [-0.3, -0.25) is 4.79 Å². The molecule has 1 aromatic heterocycles. The summed E-state index contributed by atoms with van der Waals surface area (Å²) in [7, 11) is 0. The zero-order valence-corrected chi connectivity index (χ0v) is 14.1. The molecule has 3 aromatic rings. The topological polar surface area (TPSA) is 65.5 Å². The standard InChI is InChI=1S/C19H18ClNO3/c1-12-6-7-14(17(10-12)23-9-3-8-21)18-11-16(22)13-4-2-5-15(20)19(13)24-18/h2,4-7,10-11H,3,8-9,21H2,1H3. The second-order valence-electron chi connectivity index (χ2n) is 5.58. The molecule has 0 fully saturated rings. The number of hydrogen-bond acceptors (Lipinski definition) is 4. The van der Waals surface area contributed by atoms with Crippen molar-refractivity contribution in [3.63, 3.8) is 0 Å². The lowest BCUT2D eigenvalue weighted by molar-refractivity contribution is 0.314. The third kappa shape index (κ3) is 3.30. The van der Waals surface area contributed by atoms with Crippen LogP contribution in [0.15, 0.2) is 51.7 Å². The highest BCUT2D eigenvalue weighted by Crippen LogP contribution is 2.33. The SMILES string of the molecule is Cc1ccc(-c2cc(=O)c3cccc(Cl)c3o2)c(OCCCN)c1. The van der Waals surface area contributed by atoms with Crippen LogP contribution in [0.4, 0.5) is 0 Å². The number of para-hydroxylation sites is 1. The van der Waals surface area contributed by atoms with E-state index in [-0.39, 0.29) is 5.43 Å². The van der Waals surface area contributed by atoms with E-state index in [1.807, 2.05) is 25.1 Å². The average Bonchev–Trinajstić information content (AvgIpc) is 2.56. The lowest BCUT2D eigenvalue weighted by Crippen LogP contribution is -2.07. The molecule has 124 valence electrons. The van der Waals surface area contributed by atoms with E-state index in [4.69, 9.17) is 26.5 Å². The summed E-state index contributed by atoms with van der Waals surface area (Å²) in [6.07, 6.45) is 0.751. The number of aryl methyl sites for hydroxylation is 1. The van der Waals surface area contributed by atoms with E-state index >= 15 is 0 Å². The molecule has 0 amide bonds. The fourth-order valence-electron chi connectivity index (χ4n) is 2.49. The Kier molecular flexibility index (Phi) is 4.88. The largest absolute Gasteiger partial charge is 0.493 e. The van der Waals surface area contributed by atoms with Gasteiger partial charge in [-0.2, -0.15) is 0 Å². The van der Waals surface area contributed by atoms with Gasteiger partial charge in [-0.25, -0.2) is 0 Å². The van der Waals surface area contributed by atoms with Crippen LogP contribution in [0.5, 0.6) is 5.75 Å². The first-order valence-electron chi connectivity index (χ1n) is 7.76. The van der Waals surface area contributed by atoms with Crippen LogP contribution >= 0.6 is 11.6 Å². The first-order valence-corrected chi connectivity index (χ1v) is 8.14. The highest BCUT2D eigenvalue weighted by molar-refractivity contribution is 6.34. The second-order valence-corrected chi connectivity index (χ2v) is 5.99. The minimum Gasteiger partial charge on any atom is -0.493 e. The van der Waals surface area contributed by atoms with Crippen molar-refractivity contribution in [1.82, 2.24) is 0 Å². The molecule has 3 rings (SSSR count). The molecule has 2 N–H and O–H groups in total. The fourth-order valence-corrected chi connectivity index (χ4v) is 2.71. The maximum atomic E-state index is 12.4. The number of ether oxygens (including phenoxy) is 1. The van der Waals surface area contributed by atoms with E-state index in [2.05, 4.69) is 0 Å². The summed E-state index contributed by atoms with van der Waals surface area (Å²) in [5.41, 5.74) is 7.54. The number of benzene rings is 2. The lowest BCUT2D eigenvalue weighted by Gasteiger charge is -2.12. The highest BCUT2D eigenvalue weighted by atomic mass is 35.5. The number of fused-ring (bicyclic) bond motifs is 1. The predicted octanol–water partition coefficient (Wildman–Crippen LogP) is 4.15. The smallest absolute Gasteiger partial charge is 0.193 e. The molecule has 0 unspecified atom stereocenters. The fraction of sp³-hybridized carbons (Fsp3) is 0.211. The first-order chi connectivity index (χ1) is 11.6. The van der Waals surface area contributed by atoms with Crippen LogP contribution in [0.2, 0.25) is 5.02 Å². The molecule has 0 spiro atoms. The van der Waals surface area contributed by atoms with Crippen LogP contribution < -0.4 is 15.9 Å². The Morgan fingerprint density at radius 3 is 2.83 bits per heavy atom. The van der Waals surface area contributed by atoms with Crippen LogP contribution in [0.3, 0.4) is 0 Å². The van der Waals surface area contributed by atoms with Crippen LogP contribution in [-0.2, 0) is 0 Å². The van der Waals surface area contributed by atoms with Crippen molar-refractivity contribution < 1.29 is 9.15 Å². The predicted molar refractivity (Wildman–Crippen MR) is 96.8 cm³/mol. The van der Waals surface area contributed by atoms with Crippen molar-refractivity contribution in [3.8, 4) is 17.1 Å². The molecule has 24 heavy (non-hydrogen) atoms. The average molecular weight is 344 g/mol. The van der Waals surface area contributed by atoms with Crippen molar-refractivity contribution in [1.29, 1.82) is 0 Å². The second kappa shape index (κ2) is 7.07. The van der Waals surface area contributed by atoms with Crippen LogP contribution in [0, 0.1) is 6.92 Å². The Morgan fingerprint density at radius 1 is 1.21 bits per heavy atom. The summed E-state index contributed by atoms with van der Waals surface area (Å²) in [4.78, 5) is 12.4. The summed E-state index contributed by atoms with van der Waals surface area (Å²) in [5, 5.41) is 0.869. The minimum absolute atomic E-state index is 0.137. The summed E-state index contributed by atoms with van der Waals surface area (Å²) in [5.74, 6) is 1.10. The van der Waals surface area contributed by atoms with Gasteiger partial charge in [-0.15, -0.1) is 0 Å². The monoisotopic (exact) mass is 343 g/mol. The van der Waals surface area contributed by atoms with Crippen molar-refractivity contribution in [3.05, 3.63) is 63.3 Å². The summed E-state index contributed by atoms with van der Waals surface area (Å²) in [6.45, 7) is 3.04. The Balaban J connectivity index is 2.13. The Hall–Kier alpha value is -2.30. The number of hydrogen-bond donors (Lipinski definition) is 1. The highest BCUT2D eigenvalue weighted by Gasteiger charge is 2.13. The molecule has 0 bridgehead atoms. The van der Waals surface area contributed by atoms with Crippen molar-refractivity contribution >= 4 is 22.6 Å². The van der Waals surface area contributed by atoms with Gasteiger partial charge in [0.1, 0.15) is 11.5 Å². The van der Waals surface area contributed by atoms with E-state index in [0.717, 1.165) is 17.5 Å². The lowest BCUT2D eigenvalue weighted by atomic mass is 10.1. The van der Waals surface area contributed by atoms with Crippen molar-refractivity contribution in [2.24, 2.45) is 5.73 Å². The van der Waals surface area contributed by atoms with Gasteiger partial charge in [-0.1, -0.05) is 23.7 Å². The van der Waals surface area contributed by atoms with E-state index in [9.17, 15) is 4.79 Å². The molecular weight excluding hydrogens is 326 g/mol. The van der Waals surface area contributed by atoms with Gasteiger partial charge in [0.05, 0.1) is 22.6 Å². The molecule has 0 saturated heterocycles. The summed E-state index contributed by atoms with van der Waals surface area (Å²) >= 11 is 6.18. The van der Waals surface area contributed by atoms with Crippen LogP contribution in [-0.4, -0.2) is 13.2 Å². The van der Waals surface area contributed by atoms with E-state index in [1.54, 1.807) is 18.2 Å². The van der Waals surface area contributed by atoms with Gasteiger partial charge in [0.25, 0.3) is 0 Å². The van der Waals surface area contributed by atoms with Gasteiger partial charge in [-0.05, 0) is 49.7 Å². The zero-order chi connectivity index (χ0) is 17.1. The molecule has 2 aromatic carbocycles. The number of halogens is 1. The van der Waals surface area contributed by atoms with E-state index in [0.29, 0.717) is 40.7 Å². The van der Waals surface area contributed by atoms with Crippen molar-refractivity contribution in [2.75, 3.05) is 13.2 Å². The van der Waals surface area contributed by atoms with E-state index < -0.39 is 0 Å². The molecule has 0 aliphatic heterocycles. The van der Waals surface area contributed by atoms with Crippen molar-refractivity contribution in [2.45, 2.75) is 13.3 Å². The molecule has 1 heterocycles. The number of nitrogens with two attached hydrogens (primary N) is 1. The molecule has 0 radical (unpaired) electrons. The first kappa shape index (κ1) is 16.6. The summed E-state index contributed by atoms with van der Waals surface area (Å²) < 4.78 is 11.7. The summed E-state index contributed by atoms with van der Waals surface area (Å²) in [6, 6.07) is 12.3. The van der Waals surface area contributed by atoms with Gasteiger partial charge in [0, 0.05) is 6.07 Å². The third-order valence-electron chi connectivity index (χ3n) is 3.72. The Labute approximate surface area is 144 Å². The Bertz CT molecular complexity index is 934. The molecule has 5 heteroatoms.